The van der Waals surface area contributed by atoms with E-state index in [4.69, 9.17) is 4.74 Å². The number of benzene rings is 2. The third-order valence-electron chi connectivity index (χ3n) is 3.67. The molecular weight excluding hydrogens is 474 g/mol. The highest BCUT2D eigenvalue weighted by Crippen LogP contribution is 2.12. The fraction of sp³-hybridized carbons (Fsp3) is 0.300. The Bertz CT molecular complexity index is 742. The quantitative estimate of drug-likeness (QED) is 0.226. The number of nitrogens with zero attached hydrogens (tertiary/aromatic N) is 1. The standard InChI is InChI=1S/C20H25FN4O2.HI/c1-15(27-18-10-8-17(21)9-11-18)14-25-20(22-2)24-13-12-23-19(26)16-6-4-3-5-7-16;/h3-11,15H,12-14H2,1-2H3,(H,23,26)(H2,22,24,25);1H. The van der Waals surface area contributed by atoms with E-state index in [1.807, 2.05) is 25.1 Å². The van der Waals surface area contributed by atoms with Gasteiger partial charge in [0.1, 0.15) is 17.7 Å². The van der Waals surface area contributed by atoms with Crippen LogP contribution >= 0.6 is 24.0 Å². The van der Waals surface area contributed by atoms with Crippen molar-refractivity contribution in [2.45, 2.75) is 13.0 Å². The van der Waals surface area contributed by atoms with E-state index in [9.17, 15) is 9.18 Å². The van der Waals surface area contributed by atoms with Gasteiger partial charge in [-0.2, -0.15) is 0 Å². The minimum atomic E-state index is -0.294. The van der Waals surface area contributed by atoms with Crippen molar-refractivity contribution in [2.75, 3.05) is 26.7 Å². The van der Waals surface area contributed by atoms with Crippen LogP contribution in [0.5, 0.6) is 5.75 Å². The zero-order valence-electron chi connectivity index (χ0n) is 15.9. The maximum absolute atomic E-state index is 12.9. The van der Waals surface area contributed by atoms with E-state index in [2.05, 4.69) is 20.9 Å². The van der Waals surface area contributed by atoms with Crippen LogP contribution in [0.2, 0.25) is 0 Å². The summed E-state index contributed by atoms with van der Waals surface area (Å²) in [4.78, 5) is 16.1. The number of carbonyl (C=O) groups excluding carboxylic acids is 1. The van der Waals surface area contributed by atoms with Gasteiger partial charge in [0, 0.05) is 25.7 Å². The van der Waals surface area contributed by atoms with Gasteiger partial charge < -0.3 is 20.7 Å². The van der Waals surface area contributed by atoms with E-state index in [0.717, 1.165) is 0 Å². The van der Waals surface area contributed by atoms with Crippen LogP contribution < -0.4 is 20.7 Å². The van der Waals surface area contributed by atoms with Crippen molar-refractivity contribution in [1.82, 2.24) is 16.0 Å². The average Bonchev–Trinajstić information content (AvgIpc) is 2.69. The molecule has 0 spiro atoms. The first-order valence-corrected chi connectivity index (χ1v) is 8.78. The third kappa shape index (κ3) is 8.55. The highest BCUT2D eigenvalue weighted by atomic mass is 127. The number of ether oxygens (including phenoxy) is 1. The first kappa shape index (κ1) is 23.7. The summed E-state index contributed by atoms with van der Waals surface area (Å²) in [6.45, 7) is 3.43. The topological polar surface area (TPSA) is 74.8 Å². The van der Waals surface area contributed by atoms with Crippen LogP contribution in [0.15, 0.2) is 59.6 Å². The monoisotopic (exact) mass is 500 g/mol. The number of amides is 1. The lowest BCUT2D eigenvalue weighted by atomic mass is 10.2. The Labute approximate surface area is 182 Å². The lowest BCUT2D eigenvalue weighted by molar-refractivity contribution is 0.0954. The molecule has 0 aliphatic heterocycles. The van der Waals surface area contributed by atoms with Crippen LogP contribution in [0.1, 0.15) is 17.3 Å². The fourth-order valence-corrected chi connectivity index (χ4v) is 2.30. The van der Waals surface area contributed by atoms with Gasteiger partial charge in [-0.3, -0.25) is 9.79 Å². The number of aliphatic imine (C=N–C) groups is 1. The van der Waals surface area contributed by atoms with E-state index in [1.54, 1.807) is 31.3 Å². The van der Waals surface area contributed by atoms with E-state index in [1.165, 1.54) is 12.1 Å². The van der Waals surface area contributed by atoms with Gasteiger partial charge in [0.05, 0.1) is 6.54 Å². The molecule has 0 bridgehead atoms. The fourth-order valence-electron chi connectivity index (χ4n) is 2.30. The van der Waals surface area contributed by atoms with Crippen molar-refractivity contribution in [3.05, 3.63) is 66.0 Å². The first-order chi connectivity index (χ1) is 13.1. The second-order valence-corrected chi connectivity index (χ2v) is 5.88. The molecule has 0 aliphatic rings. The Morgan fingerprint density at radius 1 is 1.04 bits per heavy atom. The number of guanidine groups is 1. The molecule has 1 atom stereocenters. The van der Waals surface area contributed by atoms with E-state index in [-0.39, 0.29) is 41.8 Å². The van der Waals surface area contributed by atoms with E-state index < -0.39 is 0 Å². The van der Waals surface area contributed by atoms with Gasteiger partial charge in [0.25, 0.3) is 5.91 Å². The van der Waals surface area contributed by atoms with Crippen LogP contribution in [0.3, 0.4) is 0 Å². The van der Waals surface area contributed by atoms with Crippen molar-refractivity contribution in [2.24, 2.45) is 4.99 Å². The molecule has 0 fully saturated rings. The van der Waals surface area contributed by atoms with Gasteiger partial charge in [-0.15, -0.1) is 24.0 Å². The van der Waals surface area contributed by atoms with Crippen LogP contribution in [0.25, 0.3) is 0 Å². The SMILES string of the molecule is CN=C(NCCNC(=O)c1ccccc1)NCC(C)Oc1ccc(F)cc1.I. The Kier molecular flexibility index (Phi) is 10.9. The average molecular weight is 500 g/mol. The normalized spacial score (nSPS) is 11.8. The summed E-state index contributed by atoms with van der Waals surface area (Å²) in [7, 11) is 1.67. The number of hydrogen-bond donors (Lipinski definition) is 3. The molecule has 0 radical (unpaired) electrons. The van der Waals surface area contributed by atoms with E-state index >= 15 is 0 Å². The molecule has 1 amide bonds. The minimum Gasteiger partial charge on any atom is -0.489 e. The van der Waals surface area contributed by atoms with Crippen LogP contribution in [0, 0.1) is 5.82 Å². The molecule has 2 rings (SSSR count). The maximum atomic E-state index is 12.9. The second kappa shape index (κ2) is 12.9. The van der Waals surface area contributed by atoms with Crippen molar-refractivity contribution in [3.8, 4) is 5.75 Å². The first-order valence-electron chi connectivity index (χ1n) is 8.78. The largest absolute Gasteiger partial charge is 0.489 e. The zero-order valence-corrected chi connectivity index (χ0v) is 18.3. The van der Waals surface area contributed by atoms with Gasteiger partial charge in [-0.05, 0) is 43.3 Å². The van der Waals surface area contributed by atoms with Gasteiger partial charge in [-0.1, -0.05) is 18.2 Å². The molecule has 3 N–H and O–H groups in total. The molecule has 0 heterocycles. The summed E-state index contributed by atoms with van der Waals surface area (Å²) >= 11 is 0. The Hall–Kier alpha value is -2.36. The summed E-state index contributed by atoms with van der Waals surface area (Å²) in [6, 6.07) is 15.0. The van der Waals surface area contributed by atoms with Crippen molar-refractivity contribution in [3.63, 3.8) is 0 Å². The highest BCUT2D eigenvalue weighted by molar-refractivity contribution is 14.0. The van der Waals surface area contributed by atoms with Gasteiger partial charge in [0.15, 0.2) is 5.96 Å². The molecule has 0 aliphatic carbocycles. The van der Waals surface area contributed by atoms with Crippen LogP contribution in [0.4, 0.5) is 4.39 Å². The van der Waals surface area contributed by atoms with Crippen molar-refractivity contribution >= 4 is 35.8 Å². The summed E-state index contributed by atoms with van der Waals surface area (Å²) in [5.41, 5.74) is 0.631. The molecule has 28 heavy (non-hydrogen) atoms. The van der Waals surface area contributed by atoms with Crippen molar-refractivity contribution in [1.29, 1.82) is 0 Å². The Morgan fingerprint density at radius 3 is 2.32 bits per heavy atom. The number of nitrogens with one attached hydrogen (secondary N) is 3. The number of halogens is 2. The molecule has 2 aromatic carbocycles. The molecule has 0 saturated heterocycles. The predicted molar refractivity (Wildman–Crippen MR) is 120 cm³/mol. The molecule has 8 heteroatoms. The summed E-state index contributed by atoms with van der Waals surface area (Å²) in [5, 5.41) is 9.11. The number of rotatable bonds is 8. The molecule has 6 nitrogen and oxygen atoms in total. The van der Waals surface area contributed by atoms with E-state index in [0.29, 0.717) is 36.9 Å². The smallest absolute Gasteiger partial charge is 0.251 e. The Balaban J connectivity index is 0.00000392. The molecule has 2 aromatic rings. The van der Waals surface area contributed by atoms with Gasteiger partial charge in [-0.25, -0.2) is 4.39 Å². The summed E-state index contributed by atoms with van der Waals surface area (Å²) in [6.07, 6.45) is -0.133. The molecule has 1 unspecified atom stereocenters. The van der Waals surface area contributed by atoms with Crippen LogP contribution in [-0.2, 0) is 0 Å². The minimum absolute atomic E-state index is 0. The lowest BCUT2D eigenvalue weighted by Gasteiger charge is -2.18. The Morgan fingerprint density at radius 2 is 1.68 bits per heavy atom. The van der Waals surface area contributed by atoms with Crippen molar-refractivity contribution < 1.29 is 13.9 Å². The van der Waals surface area contributed by atoms with Crippen LogP contribution in [-0.4, -0.2) is 44.7 Å². The summed E-state index contributed by atoms with van der Waals surface area (Å²) in [5.74, 6) is 0.814. The molecular formula is C20H26FIN4O2. The third-order valence-corrected chi connectivity index (χ3v) is 3.67. The maximum Gasteiger partial charge on any atom is 0.251 e. The highest BCUT2D eigenvalue weighted by Gasteiger charge is 2.07. The molecule has 0 saturated carbocycles. The number of hydrogen-bond acceptors (Lipinski definition) is 3. The molecule has 152 valence electrons. The second-order valence-electron chi connectivity index (χ2n) is 5.88. The predicted octanol–water partition coefficient (Wildman–Crippen LogP) is 2.81. The molecule has 0 aromatic heterocycles. The van der Waals surface area contributed by atoms with Gasteiger partial charge >= 0.3 is 0 Å². The zero-order chi connectivity index (χ0) is 19.5. The summed E-state index contributed by atoms with van der Waals surface area (Å²) < 4.78 is 18.6. The lowest BCUT2D eigenvalue weighted by Crippen LogP contribution is -2.44. The van der Waals surface area contributed by atoms with Gasteiger partial charge in [0.2, 0.25) is 0 Å². The number of carbonyl (C=O) groups is 1.